The molecule has 1 aliphatic carbocycles. The van der Waals surface area contributed by atoms with Crippen LogP contribution in [0.25, 0.3) is 0 Å². The van der Waals surface area contributed by atoms with Crippen LogP contribution >= 0.6 is 11.6 Å². The molecule has 1 aliphatic heterocycles. The Morgan fingerprint density at radius 2 is 1.89 bits per heavy atom. The molecule has 28 heavy (non-hydrogen) atoms. The summed E-state index contributed by atoms with van der Waals surface area (Å²) in [6.07, 6.45) is 0.845. The van der Waals surface area contributed by atoms with Gasteiger partial charge in [-0.15, -0.1) is 0 Å². The quantitative estimate of drug-likeness (QED) is 0.610. The van der Waals surface area contributed by atoms with Crippen LogP contribution in [0.2, 0.25) is 5.02 Å². The molecule has 1 saturated heterocycles. The molecule has 1 saturated carbocycles. The van der Waals surface area contributed by atoms with Gasteiger partial charge in [0.05, 0.1) is 5.69 Å². The maximum absolute atomic E-state index is 14.1. The third-order valence-electron chi connectivity index (χ3n) is 5.49. The maximum atomic E-state index is 14.1. The number of phenols is 1. The lowest BCUT2D eigenvalue weighted by molar-refractivity contribution is 0.369. The number of guanidine groups is 1. The Labute approximate surface area is 169 Å². The summed E-state index contributed by atoms with van der Waals surface area (Å²) >= 11 is 6.20. The molecule has 4 rings (SSSR count). The Hall–Kier alpha value is -2.47. The number of hydrogen-bond acceptors (Lipinski definition) is 3. The van der Waals surface area contributed by atoms with Gasteiger partial charge in [-0.3, -0.25) is 4.99 Å². The van der Waals surface area contributed by atoms with Crippen molar-refractivity contribution in [3.05, 3.63) is 58.9 Å². The molecule has 2 aromatic carbocycles. The number of piperazine rings is 1. The van der Waals surface area contributed by atoms with Gasteiger partial charge in [0.25, 0.3) is 0 Å². The van der Waals surface area contributed by atoms with Crippen LogP contribution in [0.1, 0.15) is 17.9 Å². The molecule has 2 atom stereocenters. The third kappa shape index (κ3) is 3.74. The average Bonchev–Trinajstić information content (AvgIpc) is 3.45. The van der Waals surface area contributed by atoms with Crippen LogP contribution in [0.4, 0.5) is 10.1 Å². The summed E-state index contributed by atoms with van der Waals surface area (Å²) in [6.45, 7) is 3.19. The fraction of sp³-hybridized carbons (Fsp3) is 0.381. The minimum absolute atomic E-state index is 0.0769. The summed E-state index contributed by atoms with van der Waals surface area (Å²) in [5, 5.41) is 14.0. The molecule has 0 radical (unpaired) electrons. The van der Waals surface area contributed by atoms with Crippen LogP contribution in [0, 0.1) is 5.82 Å². The molecule has 2 fully saturated rings. The first kappa shape index (κ1) is 18.9. The largest absolute Gasteiger partial charge is 0.506 e. The van der Waals surface area contributed by atoms with Gasteiger partial charge in [-0.2, -0.15) is 0 Å². The molecule has 0 aromatic heterocycles. The van der Waals surface area contributed by atoms with Gasteiger partial charge >= 0.3 is 0 Å². The number of nitrogens with zero attached hydrogens (tertiary/aromatic N) is 3. The van der Waals surface area contributed by atoms with Crippen molar-refractivity contribution < 1.29 is 9.50 Å². The van der Waals surface area contributed by atoms with E-state index in [-0.39, 0.29) is 17.8 Å². The zero-order chi connectivity index (χ0) is 19.7. The monoisotopic (exact) mass is 402 g/mol. The first-order chi connectivity index (χ1) is 13.6. The molecular weight excluding hydrogens is 379 g/mol. The van der Waals surface area contributed by atoms with E-state index in [2.05, 4.69) is 20.1 Å². The molecular formula is C21H24ClFN4O. The normalized spacial score (nSPS) is 22.3. The van der Waals surface area contributed by atoms with Crippen molar-refractivity contribution in [2.24, 2.45) is 4.99 Å². The fourth-order valence-corrected chi connectivity index (χ4v) is 4.20. The molecule has 2 unspecified atom stereocenters. The van der Waals surface area contributed by atoms with Gasteiger partial charge in [0.1, 0.15) is 11.6 Å². The van der Waals surface area contributed by atoms with E-state index in [0.717, 1.165) is 44.2 Å². The molecule has 5 nitrogen and oxygen atoms in total. The van der Waals surface area contributed by atoms with Crippen LogP contribution in [0.5, 0.6) is 5.75 Å². The first-order valence-corrected chi connectivity index (χ1v) is 9.91. The van der Waals surface area contributed by atoms with Gasteiger partial charge < -0.3 is 20.2 Å². The highest BCUT2D eigenvalue weighted by Crippen LogP contribution is 2.45. The molecule has 1 heterocycles. The Balaban J connectivity index is 1.36. The second-order valence-corrected chi connectivity index (χ2v) is 7.65. The minimum atomic E-state index is -0.243. The van der Waals surface area contributed by atoms with Gasteiger partial charge in [-0.05, 0) is 30.7 Å². The predicted molar refractivity (Wildman–Crippen MR) is 111 cm³/mol. The van der Waals surface area contributed by atoms with E-state index >= 15 is 0 Å². The Bertz CT molecular complexity index is 862. The summed E-state index contributed by atoms with van der Waals surface area (Å²) in [5.74, 6) is 0.971. The van der Waals surface area contributed by atoms with Crippen molar-refractivity contribution in [3.63, 3.8) is 0 Å². The second-order valence-electron chi connectivity index (χ2n) is 7.24. The van der Waals surface area contributed by atoms with Crippen molar-refractivity contribution in [2.75, 3.05) is 38.1 Å². The number of halogens is 2. The third-order valence-corrected chi connectivity index (χ3v) is 5.82. The van der Waals surface area contributed by atoms with E-state index in [1.165, 1.54) is 6.07 Å². The summed E-state index contributed by atoms with van der Waals surface area (Å²) < 4.78 is 14.1. The smallest absolute Gasteiger partial charge is 0.194 e. The van der Waals surface area contributed by atoms with E-state index in [1.807, 2.05) is 18.2 Å². The van der Waals surface area contributed by atoms with Crippen LogP contribution in [0.3, 0.4) is 0 Å². The summed E-state index contributed by atoms with van der Waals surface area (Å²) in [5.41, 5.74) is 1.46. The van der Waals surface area contributed by atoms with Crippen LogP contribution < -0.4 is 10.2 Å². The van der Waals surface area contributed by atoms with Crippen LogP contribution in [0.15, 0.2) is 47.5 Å². The van der Waals surface area contributed by atoms with Gasteiger partial charge in [-0.25, -0.2) is 4.39 Å². The topological polar surface area (TPSA) is 51.1 Å². The van der Waals surface area contributed by atoms with E-state index < -0.39 is 0 Å². The first-order valence-electron chi connectivity index (χ1n) is 9.53. The molecule has 7 heteroatoms. The number of aromatic hydroxyl groups is 1. The van der Waals surface area contributed by atoms with Crippen molar-refractivity contribution >= 4 is 23.2 Å². The Morgan fingerprint density at radius 3 is 2.57 bits per heavy atom. The number of rotatable bonds is 3. The van der Waals surface area contributed by atoms with Crippen molar-refractivity contribution in [1.29, 1.82) is 0 Å². The number of aliphatic imine (C=N–C) groups is 1. The fourth-order valence-electron chi connectivity index (χ4n) is 3.89. The summed E-state index contributed by atoms with van der Waals surface area (Å²) in [7, 11) is 1.77. The standard InChI is InChI=1S/C21H24ClFN4O/c1-24-21(25-17-13-14(17)20-15(22)5-4-6-16(20)23)27-11-9-26(10-12-27)18-7-2-3-8-19(18)28/h2-8,14,17,28H,9-13H2,1H3,(H,24,25). The molecule has 0 spiro atoms. The van der Waals surface area contributed by atoms with Gasteiger partial charge in [0.15, 0.2) is 5.96 Å². The minimum Gasteiger partial charge on any atom is -0.506 e. The summed E-state index contributed by atoms with van der Waals surface area (Å²) in [6, 6.07) is 12.4. The van der Waals surface area contributed by atoms with Crippen LogP contribution in [-0.4, -0.2) is 55.2 Å². The molecule has 2 N–H and O–H groups in total. The SMILES string of the molecule is CN=C(NC1CC1c1c(F)cccc1Cl)N1CCN(c2ccccc2O)CC1. The van der Waals surface area contributed by atoms with E-state index in [1.54, 1.807) is 25.2 Å². The molecule has 148 valence electrons. The van der Waals surface area contributed by atoms with E-state index in [4.69, 9.17) is 11.6 Å². The zero-order valence-electron chi connectivity index (χ0n) is 15.8. The summed E-state index contributed by atoms with van der Waals surface area (Å²) in [4.78, 5) is 8.80. The highest BCUT2D eigenvalue weighted by molar-refractivity contribution is 6.31. The lowest BCUT2D eigenvalue weighted by Gasteiger charge is -2.38. The second kappa shape index (κ2) is 7.87. The molecule has 2 aliphatic rings. The highest BCUT2D eigenvalue weighted by atomic mass is 35.5. The van der Waals surface area contributed by atoms with Gasteiger partial charge in [-0.1, -0.05) is 29.8 Å². The highest BCUT2D eigenvalue weighted by Gasteiger charge is 2.42. The number of hydrogen-bond donors (Lipinski definition) is 2. The molecule has 0 bridgehead atoms. The lowest BCUT2D eigenvalue weighted by Crippen LogP contribution is -2.53. The van der Waals surface area contributed by atoms with Crippen molar-refractivity contribution in [1.82, 2.24) is 10.2 Å². The Kier molecular flexibility index (Phi) is 5.31. The van der Waals surface area contributed by atoms with Crippen molar-refractivity contribution in [3.8, 4) is 5.75 Å². The number of nitrogens with one attached hydrogen (secondary N) is 1. The lowest BCUT2D eigenvalue weighted by atomic mass is 10.1. The van der Waals surface area contributed by atoms with E-state index in [0.29, 0.717) is 16.3 Å². The predicted octanol–water partition coefficient (Wildman–Crippen LogP) is 3.44. The number of para-hydroxylation sites is 2. The number of anilines is 1. The molecule has 0 amide bonds. The van der Waals surface area contributed by atoms with Gasteiger partial charge in [0, 0.05) is 55.8 Å². The maximum Gasteiger partial charge on any atom is 0.194 e. The van der Waals surface area contributed by atoms with E-state index in [9.17, 15) is 9.50 Å². The zero-order valence-corrected chi connectivity index (χ0v) is 16.5. The average molecular weight is 403 g/mol. The Morgan fingerprint density at radius 1 is 1.14 bits per heavy atom. The van der Waals surface area contributed by atoms with Crippen molar-refractivity contribution in [2.45, 2.75) is 18.4 Å². The van der Waals surface area contributed by atoms with Crippen LogP contribution in [-0.2, 0) is 0 Å². The number of benzene rings is 2. The number of phenolic OH excluding ortho intramolecular Hbond substituents is 1. The van der Waals surface area contributed by atoms with Gasteiger partial charge in [0.2, 0.25) is 0 Å². The molecule has 2 aromatic rings.